The molecule has 3 rings (SSSR count). The number of anilines is 1. The summed E-state index contributed by atoms with van der Waals surface area (Å²) in [5.74, 6) is -1.56. The minimum atomic E-state index is -0.896. The predicted octanol–water partition coefficient (Wildman–Crippen LogP) is 2.63. The fourth-order valence-corrected chi connectivity index (χ4v) is 2.20. The van der Waals surface area contributed by atoms with Gasteiger partial charge in [-0.2, -0.15) is 0 Å². The van der Waals surface area contributed by atoms with Crippen LogP contribution < -0.4 is 5.32 Å². The van der Waals surface area contributed by atoms with Crippen LogP contribution in [0.5, 0.6) is 0 Å². The summed E-state index contributed by atoms with van der Waals surface area (Å²) in [7, 11) is 0. The van der Waals surface area contributed by atoms with Crippen molar-refractivity contribution in [2.75, 3.05) is 12.0 Å². The molecule has 0 radical (unpaired) electrons. The average molecular weight is 314 g/mol. The van der Waals surface area contributed by atoms with E-state index in [1.807, 2.05) is 0 Å². The molecule has 7 heteroatoms. The van der Waals surface area contributed by atoms with E-state index in [1.165, 1.54) is 30.3 Å². The van der Waals surface area contributed by atoms with Gasteiger partial charge in [0, 0.05) is 5.69 Å². The molecule has 2 aromatic carbocycles. The van der Waals surface area contributed by atoms with Gasteiger partial charge in [0.2, 0.25) is 0 Å². The number of nitrogens with one attached hydrogen (secondary N) is 1. The van der Waals surface area contributed by atoms with Gasteiger partial charge in [0.25, 0.3) is 11.8 Å². The van der Waals surface area contributed by atoms with Crippen molar-refractivity contribution in [1.82, 2.24) is 4.90 Å². The van der Waals surface area contributed by atoms with Crippen molar-refractivity contribution in [1.29, 1.82) is 0 Å². The Hall–Kier alpha value is -3.22. The molecular formula is C16H11FN2O4. The highest BCUT2D eigenvalue weighted by molar-refractivity contribution is 6.21. The SMILES string of the molecule is O=C(Nc1cccc(F)c1)OCN1C(=O)c2ccccc2C1=O. The molecule has 0 aliphatic carbocycles. The molecule has 0 fully saturated rings. The summed E-state index contributed by atoms with van der Waals surface area (Å²) in [5.41, 5.74) is 0.746. The topological polar surface area (TPSA) is 75.7 Å². The van der Waals surface area contributed by atoms with Crippen molar-refractivity contribution in [2.45, 2.75) is 0 Å². The molecule has 2 aromatic rings. The van der Waals surface area contributed by atoms with Crippen LogP contribution in [-0.4, -0.2) is 29.5 Å². The van der Waals surface area contributed by atoms with Crippen LogP contribution in [0.4, 0.5) is 14.9 Å². The van der Waals surface area contributed by atoms with Crippen LogP contribution in [0.3, 0.4) is 0 Å². The lowest BCUT2D eigenvalue weighted by molar-refractivity contribution is 0.0449. The number of fused-ring (bicyclic) bond motifs is 1. The van der Waals surface area contributed by atoms with Crippen LogP contribution in [-0.2, 0) is 4.74 Å². The number of amides is 3. The molecule has 0 saturated carbocycles. The van der Waals surface area contributed by atoms with Crippen molar-refractivity contribution < 1.29 is 23.5 Å². The molecular weight excluding hydrogens is 303 g/mol. The fourth-order valence-electron chi connectivity index (χ4n) is 2.20. The first-order valence-corrected chi connectivity index (χ1v) is 6.71. The number of imide groups is 1. The first-order valence-electron chi connectivity index (χ1n) is 6.71. The standard InChI is InChI=1S/C16H11FN2O4/c17-10-4-3-5-11(8-10)18-16(22)23-9-19-14(20)12-6-1-2-7-13(12)15(19)21/h1-8H,9H2,(H,18,22). The molecule has 0 bridgehead atoms. The van der Waals surface area contributed by atoms with Crippen LogP contribution >= 0.6 is 0 Å². The van der Waals surface area contributed by atoms with Gasteiger partial charge in [-0.3, -0.25) is 14.9 Å². The van der Waals surface area contributed by atoms with E-state index in [2.05, 4.69) is 5.32 Å². The number of carbonyl (C=O) groups excluding carboxylic acids is 3. The Balaban J connectivity index is 1.62. The number of halogens is 1. The highest BCUT2D eigenvalue weighted by atomic mass is 19.1. The summed E-state index contributed by atoms with van der Waals surface area (Å²) >= 11 is 0. The Morgan fingerprint density at radius 1 is 1.04 bits per heavy atom. The van der Waals surface area contributed by atoms with Gasteiger partial charge >= 0.3 is 6.09 Å². The van der Waals surface area contributed by atoms with Gasteiger partial charge in [-0.15, -0.1) is 0 Å². The molecule has 116 valence electrons. The Bertz CT molecular complexity index is 771. The van der Waals surface area contributed by atoms with Gasteiger partial charge in [-0.1, -0.05) is 18.2 Å². The maximum Gasteiger partial charge on any atom is 0.413 e. The third kappa shape index (κ3) is 2.89. The van der Waals surface area contributed by atoms with Gasteiger partial charge < -0.3 is 4.74 Å². The molecule has 0 spiro atoms. The second-order valence-electron chi connectivity index (χ2n) is 4.78. The maximum absolute atomic E-state index is 13.0. The summed E-state index contributed by atoms with van der Waals surface area (Å²) in [6, 6.07) is 11.6. The van der Waals surface area contributed by atoms with E-state index in [0.29, 0.717) is 0 Å². The fraction of sp³-hybridized carbons (Fsp3) is 0.0625. The molecule has 0 unspecified atom stereocenters. The van der Waals surface area contributed by atoms with E-state index in [-0.39, 0.29) is 16.8 Å². The van der Waals surface area contributed by atoms with Crippen LogP contribution in [0.25, 0.3) is 0 Å². The van der Waals surface area contributed by atoms with Gasteiger partial charge in [0.1, 0.15) is 5.82 Å². The molecule has 1 N–H and O–H groups in total. The highest BCUT2D eigenvalue weighted by Gasteiger charge is 2.35. The molecule has 1 aliphatic heterocycles. The number of carbonyl (C=O) groups is 3. The Labute approximate surface area is 130 Å². The lowest BCUT2D eigenvalue weighted by Gasteiger charge is -2.14. The quantitative estimate of drug-likeness (QED) is 0.884. The predicted molar refractivity (Wildman–Crippen MR) is 78.3 cm³/mol. The summed E-state index contributed by atoms with van der Waals surface area (Å²) < 4.78 is 17.9. The Kier molecular flexibility index (Phi) is 3.76. The van der Waals surface area contributed by atoms with Crippen LogP contribution in [0.15, 0.2) is 48.5 Å². The monoisotopic (exact) mass is 314 g/mol. The maximum atomic E-state index is 13.0. The third-order valence-corrected chi connectivity index (χ3v) is 3.27. The van der Waals surface area contributed by atoms with Gasteiger partial charge in [0.15, 0.2) is 6.73 Å². The zero-order valence-electron chi connectivity index (χ0n) is 11.8. The van der Waals surface area contributed by atoms with Crippen LogP contribution in [0.1, 0.15) is 20.7 Å². The number of rotatable bonds is 3. The number of hydrogen-bond acceptors (Lipinski definition) is 4. The number of ether oxygens (including phenoxy) is 1. The summed E-state index contributed by atoms with van der Waals surface area (Å²) in [5, 5.41) is 2.31. The highest BCUT2D eigenvalue weighted by Crippen LogP contribution is 2.22. The van der Waals surface area contributed by atoms with E-state index in [9.17, 15) is 18.8 Å². The van der Waals surface area contributed by atoms with E-state index < -0.39 is 30.5 Å². The van der Waals surface area contributed by atoms with Crippen molar-refractivity contribution in [3.63, 3.8) is 0 Å². The molecule has 0 saturated heterocycles. The molecule has 3 amide bonds. The second kappa shape index (κ2) is 5.88. The number of hydrogen-bond donors (Lipinski definition) is 1. The van der Waals surface area contributed by atoms with Crippen molar-refractivity contribution in [3.05, 3.63) is 65.5 Å². The number of benzene rings is 2. The summed E-state index contributed by atoms with van der Waals surface area (Å²) in [4.78, 5) is 36.6. The van der Waals surface area contributed by atoms with E-state index in [4.69, 9.17) is 4.74 Å². The second-order valence-corrected chi connectivity index (χ2v) is 4.78. The Morgan fingerprint density at radius 2 is 1.70 bits per heavy atom. The smallest absolute Gasteiger partial charge is 0.413 e. The minimum absolute atomic E-state index is 0.206. The zero-order valence-corrected chi connectivity index (χ0v) is 11.8. The zero-order chi connectivity index (χ0) is 16.4. The molecule has 0 atom stereocenters. The molecule has 23 heavy (non-hydrogen) atoms. The normalized spacial score (nSPS) is 13.0. The average Bonchev–Trinajstić information content (AvgIpc) is 2.77. The molecule has 1 heterocycles. The van der Waals surface area contributed by atoms with Crippen LogP contribution in [0, 0.1) is 5.82 Å². The summed E-state index contributed by atoms with van der Waals surface area (Å²) in [6.07, 6.45) is -0.896. The lowest BCUT2D eigenvalue weighted by Crippen LogP contribution is -2.34. The Morgan fingerprint density at radius 3 is 2.30 bits per heavy atom. The van der Waals surface area contributed by atoms with Crippen molar-refractivity contribution in [3.8, 4) is 0 Å². The summed E-state index contributed by atoms with van der Waals surface area (Å²) in [6.45, 7) is -0.520. The van der Waals surface area contributed by atoms with Gasteiger partial charge in [-0.05, 0) is 30.3 Å². The van der Waals surface area contributed by atoms with Crippen LogP contribution in [0.2, 0.25) is 0 Å². The number of nitrogens with zero attached hydrogens (tertiary/aromatic N) is 1. The van der Waals surface area contributed by atoms with Crippen molar-refractivity contribution >= 4 is 23.6 Å². The van der Waals surface area contributed by atoms with Crippen molar-refractivity contribution in [2.24, 2.45) is 0 Å². The first kappa shape index (κ1) is 14.7. The lowest BCUT2D eigenvalue weighted by atomic mass is 10.1. The first-order chi connectivity index (χ1) is 11.1. The molecule has 1 aliphatic rings. The molecule has 6 nitrogen and oxygen atoms in total. The minimum Gasteiger partial charge on any atom is -0.427 e. The van der Waals surface area contributed by atoms with Gasteiger partial charge in [-0.25, -0.2) is 14.1 Å². The third-order valence-electron chi connectivity index (χ3n) is 3.27. The largest absolute Gasteiger partial charge is 0.427 e. The molecule has 0 aromatic heterocycles. The van der Waals surface area contributed by atoms with E-state index >= 15 is 0 Å². The van der Waals surface area contributed by atoms with E-state index in [1.54, 1.807) is 12.1 Å². The van der Waals surface area contributed by atoms with E-state index in [0.717, 1.165) is 11.0 Å². The van der Waals surface area contributed by atoms with Gasteiger partial charge in [0.05, 0.1) is 11.1 Å².